The molecule has 0 aromatic heterocycles. The number of anilines is 1. The quantitative estimate of drug-likeness (QED) is 0.746. The third-order valence-electron chi connectivity index (χ3n) is 3.50. The van der Waals surface area contributed by atoms with Gasteiger partial charge >= 0.3 is 12.0 Å². The van der Waals surface area contributed by atoms with Gasteiger partial charge in [-0.15, -0.1) is 11.8 Å². The predicted octanol–water partition coefficient (Wildman–Crippen LogP) is 2.78. The summed E-state index contributed by atoms with van der Waals surface area (Å²) < 4.78 is 0. The summed E-state index contributed by atoms with van der Waals surface area (Å²) >= 11 is 1.55. The van der Waals surface area contributed by atoms with Crippen molar-refractivity contribution in [3.05, 3.63) is 24.3 Å². The van der Waals surface area contributed by atoms with Crippen LogP contribution in [0.25, 0.3) is 0 Å². The second-order valence-corrected chi connectivity index (χ2v) is 5.63. The lowest BCUT2D eigenvalue weighted by Gasteiger charge is -2.18. The van der Waals surface area contributed by atoms with Crippen LogP contribution < -0.4 is 10.6 Å². The number of para-hydroxylation sites is 1. The molecule has 20 heavy (non-hydrogen) atoms. The van der Waals surface area contributed by atoms with Crippen LogP contribution in [0, 0.1) is 5.92 Å². The van der Waals surface area contributed by atoms with Gasteiger partial charge in [-0.1, -0.05) is 18.6 Å². The number of carboxylic acid groups (broad SMARTS) is 1. The molecule has 1 saturated carbocycles. The highest BCUT2D eigenvalue weighted by atomic mass is 32.2. The van der Waals surface area contributed by atoms with Crippen LogP contribution in [0.4, 0.5) is 10.5 Å². The van der Waals surface area contributed by atoms with Gasteiger partial charge < -0.3 is 15.7 Å². The summed E-state index contributed by atoms with van der Waals surface area (Å²) in [6, 6.07) is 6.89. The fourth-order valence-corrected chi connectivity index (χ4v) is 3.06. The maximum atomic E-state index is 12.0. The molecule has 5 nitrogen and oxygen atoms in total. The average Bonchev–Trinajstić information content (AvgIpc) is 2.87. The summed E-state index contributed by atoms with van der Waals surface area (Å²) in [5, 5.41) is 14.6. The van der Waals surface area contributed by atoms with E-state index in [9.17, 15) is 9.59 Å². The first-order chi connectivity index (χ1) is 9.61. The summed E-state index contributed by atoms with van der Waals surface area (Å²) in [5.41, 5.74) is 0.738. The van der Waals surface area contributed by atoms with Crippen molar-refractivity contribution in [3.8, 4) is 0 Å². The van der Waals surface area contributed by atoms with Crippen LogP contribution in [-0.4, -0.2) is 29.4 Å². The minimum atomic E-state index is -0.836. The Kier molecular flexibility index (Phi) is 4.89. The minimum absolute atomic E-state index is 0.283. The van der Waals surface area contributed by atoms with Crippen LogP contribution in [0.2, 0.25) is 0 Å². The number of hydrogen-bond acceptors (Lipinski definition) is 3. The SMILES string of the molecule is CSc1ccccc1NC(=O)NC1CCCC1C(=O)O. The maximum absolute atomic E-state index is 12.0. The number of benzene rings is 1. The lowest BCUT2D eigenvalue weighted by Crippen LogP contribution is -2.42. The standard InChI is InChI=1S/C14H18N2O3S/c1-20-12-8-3-2-6-11(12)16-14(19)15-10-7-4-5-9(10)13(17)18/h2-3,6,8-10H,4-5,7H2,1H3,(H,17,18)(H2,15,16,19). The Bertz CT molecular complexity index is 507. The van der Waals surface area contributed by atoms with E-state index in [0.29, 0.717) is 12.8 Å². The number of rotatable bonds is 4. The molecule has 108 valence electrons. The van der Waals surface area contributed by atoms with Crippen LogP contribution in [0.3, 0.4) is 0 Å². The molecule has 6 heteroatoms. The van der Waals surface area contributed by atoms with Gasteiger partial charge in [0.1, 0.15) is 0 Å². The molecular formula is C14H18N2O3S. The number of urea groups is 1. The molecule has 0 bridgehead atoms. The topological polar surface area (TPSA) is 78.4 Å². The van der Waals surface area contributed by atoms with Crippen molar-refractivity contribution in [1.82, 2.24) is 5.32 Å². The monoisotopic (exact) mass is 294 g/mol. The van der Waals surface area contributed by atoms with E-state index in [1.54, 1.807) is 11.8 Å². The van der Waals surface area contributed by atoms with E-state index in [1.165, 1.54) is 0 Å². The van der Waals surface area contributed by atoms with Crippen molar-refractivity contribution in [2.45, 2.75) is 30.2 Å². The van der Waals surface area contributed by atoms with Crippen LogP contribution in [-0.2, 0) is 4.79 Å². The van der Waals surface area contributed by atoms with E-state index >= 15 is 0 Å². The van der Waals surface area contributed by atoms with Crippen LogP contribution in [0.5, 0.6) is 0 Å². The zero-order valence-electron chi connectivity index (χ0n) is 11.3. The van der Waals surface area contributed by atoms with Crippen LogP contribution in [0.1, 0.15) is 19.3 Å². The van der Waals surface area contributed by atoms with E-state index in [0.717, 1.165) is 17.0 Å². The molecule has 1 aromatic carbocycles. The van der Waals surface area contributed by atoms with E-state index in [2.05, 4.69) is 10.6 Å². The molecule has 0 saturated heterocycles. The number of thioether (sulfide) groups is 1. The van der Waals surface area contributed by atoms with E-state index < -0.39 is 11.9 Å². The second-order valence-electron chi connectivity index (χ2n) is 4.78. The first-order valence-electron chi connectivity index (χ1n) is 6.55. The highest BCUT2D eigenvalue weighted by Crippen LogP contribution is 2.27. The molecule has 0 aliphatic heterocycles. The Morgan fingerprint density at radius 3 is 2.75 bits per heavy atom. The molecule has 1 aliphatic carbocycles. The number of amides is 2. The Labute approximate surface area is 122 Å². The van der Waals surface area contributed by atoms with Gasteiger partial charge in [0.05, 0.1) is 11.6 Å². The van der Waals surface area contributed by atoms with Crippen molar-refractivity contribution in [2.24, 2.45) is 5.92 Å². The number of carbonyl (C=O) groups excluding carboxylic acids is 1. The molecule has 1 fully saturated rings. The molecular weight excluding hydrogens is 276 g/mol. The summed E-state index contributed by atoms with van der Waals surface area (Å²) in [6.07, 6.45) is 4.12. The molecule has 2 rings (SSSR count). The first-order valence-corrected chi connectivity index (χ1v) is 7.77. The molecule has 2 atom stereocenters. The number of carboxylic acids is 1. The summed E-state index contributed by atoms with van der Waals surface area (Å²) in [4.78, 5) is 24.0. The van der Waals surface area contributed by atoms with E-state index in [4.69, 9.17) is 5.11 Å². The number of nitrogens with one attached hydrogen (secondary N) is 2. The predicted molar refractivity (Wildman–Crippen MR) is 79.1 cm³/mol. The smallest absolute Gasteiger partial charge is 0.319 e. The van der Waals surface area contributed by atoms with Crippen LogP contribution in [0.15, 0.2) is 29.2 Å². The van der Waals surface area contributed by atoms with E-state index in [1.807, 2.05) is 30.5 Å². The van der Waals surface area contributed by atoms with Gasteiger partial charge in [-0.2, -0.15) is 0 Å². The zero-order chi connectivity index (χ0) is 14.5. The van der Waals surface area contributed by atoms with Gasteiger partial charge in [-0.25, -0.2) is 4.79 Å². The third kappa shape index (κ3) is 3.45. The number of carbonyl (C=O) groups is 2. The molecule has 2 unspecified atom stereocenters. The Hall–Kier alpha value is -1.69. The number of hydrogen-bond donors (Lipinski definition) is 3. The summed E-state index contributed by atoms with van der Waals surface area (Å²) in [6.45, 7) is 0. The largest absolute Gasteiger partial charge is 0.481 e. The lowest BCUT2D eigenvalue weighted by atomic mass is 10.0. The van der Waals surface area contributed by atoms with Crippen LogP contribution >= 0.6 is 11.8 Å². The molecule has 1 aliphatic rings. The van der Waals surface area contributed by atoms with E-state index in [-0.39, 0.29) is 12.1 Å². The summed E-state index contributed by atoms with van der Waals surface area (Å²) in [7, 11) is 0. The Morgan fingerprint density at radius 2 is 2.05 bits per heavy atom. The van der Waals surface area contributed by atoms with Crippen molar-refractivity contribution in [1.29, 1.82) is 0 Å². The lowest BCUT2D eigenvalue weighted by molar-refractivity contribution is -0.142. The zero-order valence-corrected chi connectivity index (χ0v) is 12.1. The van der Waals surface area contributed by atoms with Gasteiger partial charge in [0, 0.05) is 10.9 Å². The number of aliphatic carboxylic acids is 1. The fraction of sp³-hybridized carbons (Fsp3) is 0.429. The first kappa shape index (κ1) is 14.7. The molecule has 0 radical (unpaired) electrons. The van der Waals surface area contributed by atoms with Gasteiger partial charge in [0.2, 0.25) is 0 Å². The van der Waals surface area contributed by atoms with Crippen molar-refractivity contribution < 1.29 is 14.7 Å². The van der Waals surface area contributed by atoms with Gasteiger partial charge in [-0.3, -0.25) is 4.79 Å². The van der Waals surface area contributed by atoms with Gasteiger partial charge in [0.25, 0.3) is 0 Å². The average molecular weight is 294 g/mol. The van der Waals surface area contributed by atoms with Gasteiger partial charge in [0.15, 0.2) is 0 Å². The highest BCUT2D eigenvalue weighted by Gasteiger charge is 2.33. The summed E-state index contributed by atoms with van der Waals surface area (Å²) in [5.74, 6) is -1.31. The van der Waals surface area contributed by atoms with Crippen molar-refractivity contribution >= 4 is 29.4 Å². The molecule has 0 spiro atoms. The Balaban J connectivity index is 1.97. The molecule has 0 heterocycles. The molecule has 1 aromatic rings. The minimum Gasteiger partial charge on any atom is -0.481 e. The Morgan fingerprint density at radius 1 is 1.30 bits per heavy atom. The molecule has 3 N–H and O–H groups in total. The van der Waals surface area contributed by atoms with Crippen molar-refractivity contribution in [3.63, 3.8) is 0 Å². The highest BCUT2D eigenvalue weighted by molar-refractivity contribution is 7.98. The fourth-order valence-electron chi connectivity index (χ4n) is 2.50. The molecule has 2 amide bonds. The van der Waals surface area contributed by atoms with Crippen molar-refractivity contribution in [2.75, 3.05) is 11.6 Å². The normalized spacial score (nSPS) is 21.4. The van der Waals surface area contributed by atoms with Gasteiger partial charge in [-0.05, 0) is 31.2 Å². The second kappa shape index (κ2) is 6.65. The third-order valence-corrected chi connectivity index (χ3v) is 4.30. The maximum Gasteiger partial charge on any atom is 0.319 e.